The summed E-state index contributed by atoms with van der Waals surface area (Å²) in [7, 11) is 1.30. The topological polar surface area (TPSA) is 248 Å². The summed E-state index contributed by atoms with van der Waals surface area (Å²) in [5, 5.41) is 29.4. The molecule has 1 aliphatic carbocycles. The van der Waals surface area contributed by atoms with Crippen molar-refractivity contribution in [3.05, 3.63) is 73.3 Å². The number of nitro benzene ring substituents is 1. The molecule has 1 saturated heterocycles. The molecule has 49 heavy (non-hydrogen) atoms. The number of allylic oxidation sites excluding steroid dienone is 1. The summed E-state index contributed by atoms with van der Waals surface area (Å²) in [6.45, 7) is 8.94. The molecule has 3 amide bonds. The Morgan fingerprint density at radius 3 is 2.22 bits per heavy atom. The molecule has 1 unspecified atom stereocenters. The summed E-state index contributed by atoms with van der Waals surface area (Å²) in [6, 6.07) is 2.34. The van der Waals surface area contributed by atoms with Gasteiger partial charge in [-0.3, -0.25) is 34.7 Å². The summed E-state index contributed by atoms with van der Waals surface area (Å²) in [6.07, 6.45) is 4.76. The third-order valence-corrected chi connectivity index (χ3v) is 7.52. The largest absolute Gasteiger partial charge is 0.495 e. The SMILES string of the molecule is COc1cc(C(N)=O)cc([N+](=O)[O-])c1NC/C=C/CNC1=C(OCCCN2CCN(C(=O)OC(C)(C)C)CC2)CC(C(N)=O)C=C1[N+](=O)[O-]. The molecule has 1 aromatic rings. The van der Waals surface area contributed by atoms with Crippen LogP contribution in [0.25, 0.3) is 0 Å². The number of methoxy groups -OCH3 is 1. The van der Waals surface area contributed by atoms with Gasteiger partial charge in [-0.25, -0.2) is 4.79 Å². The van der Waals surface area contributed by atoms with E-state index in [0.717, 1.165) is 6.07 Å². The number of amides is 3. The van der Waals surface area contributed by atoms with E-state index in [1.807, 2.05) is 20.8 Å². The number of rotatable bonds is 16. The van der Waals surface area contributed by atoms with Crippen LogP contribution in [0.1, 0.15) is 44.0 Å². The number of nitro groups is 2. The van der Waals surface area contributed by atoms with Crippen LogP contribution in [0.5, 0.6) is 5.75 Å². The molecular formula is C31H44N8O10. The van der Waals surface area contributed by atoms with Crippen LogP contribution < -0.4 is 26.8 Å². The second kappa shape index (κ2) is 17.1. The lowest BCUT2D eigenvalue weighted by atomic mass is 9.95. The summed E-state index contributed by atoms with van der Waals surface area (Å²) in [4.78, 5) is 62.0. The van der Waals surface area contributed by atoms with Gasteiger partial charge in [0.05, 0.1) is 29.5 Å². The Labute approximate surface area is 283 Å². The van der Waals surface area contributed by atoms with E-state index in [2.05, 4.69) is 15.5 Å². The highest BCUT2D eigenvalue weighted by atomic mass is 16.6. The number of nitrogens with zero attached hydrogens (tertiary/aromatic N) is 4. The zero-order valence-corrected chi connectivity index (χ0v) is 28.1. The van der Waals surface area contributed by atoms with E-state index >= 15 is 0 Å². The van der Waals surface area contributed by atoms with Gasteiger partial charge in [0.15, 0.2) is 11.4 Å². The highest BCUT2D eigenvalue weighted by Gasteiger charge is 2.33. The van der Waals surface area contributed by atoms with Crippen LogP contribution in [0.15, 0.2) is 47.5 Å². The first-order chi connectivity index (χ1) is 23.1. The molecule has 1 aromatic carbocycles. The molecule has 0 bridgehead atoms. The van der Waals surface area contributed by atoms with Gasteiger partial charge >= 0.3 is 6.09 Å². The van der Waals surface area contributed by atoms with Crippen LogP contribution in [0.4, 0.5) is 16.2 Å². The number of hydrogen-bond acceptors (Lipinski definition) is 13. The number of ether oxygens (including phenoxy) is 3. The molecule has 1 aliphatic heterocycles. The van der Waals surface area contributed by atoms with Crippen molar-refractivity contribution < 1.29 is 38.4 Å². The van der Waals surface area contributed by atoms with Crippen molar-refractivity contribution in [1.82, 2.24) is 15.1 Å². The van der Waals surface area contributed by atoms with Crippen molar-refractivity contribution in [2.24, 2.45) is 17.4 Å². The molecule has 0 saturated carbocycles. The molecule has 268 valence electrons. The Bertz CT molecular complexity index is 1510. The van der Waals surface area contributed by atoms with E-state index in [1.54, 1.807) is 17.1 Å². The van der Waals surface area contributed by atoms with Gasteiger partial charge in [-0.05, 0) is 33.3 Å². The number of carbonyl (C=O) groups excluding carboxylic acids is 3. The van der Waals surface area contributed by atoms with Gasteiger partial charge in [0.1, 0.15) is 17.1 Å². The van der Waals surface area contributed by atoms with Crippen molar-refractivity contribution in [3.8, 4) is 5.75 Å². The van der Waals surface area contributed by atoms with E-state index in [4.69, 9.17) is 25.7 Å². The van der Waals surface area contributed by atoms with Gasteiger partial charge in [0.2, 0.25) is 11.8 Å². The second-order valence-corrected chi connectivity index (χ2v) is 12.3. The smallest absolute Gasteiger partial charge is 0.410 e. The minimum absolute atomic E-state index is 0.0413. The molecule has 1 fully saturated rings. The fraction of sp³-hybridized carbons (Fsp3) is 0.516. The standard InChI is InChI=1S/C31H44N8O10/c1-31(2,3)49-30(42)37-13-11-36(12-14-37)10-7-15-48-25-19-21(29(33)41)17-23(39(45)46)27(25)35-9-6-5-8-34-26-22(38(43)44)16-20(28(32)40)18-24(26)47-4/h5-6,16-18,21,34-35H,7-15,19H2,1-4H3,(H2,32,40)(H2,33,41)/b6-5+. The Morgan fingerprint density at radius 2 is 1.67 bits per heavy atom. The van der Waals surface area contributed by atoms with Crippen LogP contribution in [-0.2, 0) is 14.3 Å². The summed E-state index contributed by atoms with van der Waals surface area (Å²) < 4.78 is 16.6. The molecule has 18 nitrogen and oxygen atoms in total. The number of anilines is 1. The van der Waals surface area contributed by atoms with Gasteiger partial charge < -0.3 is 41.2 Å². The highest BCUT2D eigenvalue weighted by Crippen LogP contribution is 2.36. The molecule has 18 heteroatoms. The van der Waals surface area contributed by atoms with Crippen LogP contribution in [0, 0.1) is 26.1 Å². The van der Waals surface area contributed by atoms with Gasteiger partial charge in [-0.15, -0.1) is 0 Å². The zero-order chi connectivity index (χ0) is 36.3. The molecule has 0 spiro atoms. The fourth-order valence-corrected chi connectivity index (χ4v) is 5.11. The van der Waals surface area contributed by atoms with Crippen molar-refractivity contribution in [3.63, 3.8) is 0 Å². The molecular weight excluding hydrogens is 644 g/mol. The van der Waals surface area contributed by atoms with Crippen LogP contribution in [0.3, 0.4) is 0 Å². The van der Waals surface area contributed by atoms with Crippen molar-refractivity contribution in [1.29, 1.82) is 0 Å². The Hall–Kier alpha value is -5.39. The van der Waals surface area contributed by atoms with Gasteiger partial charge in [0, 0.05) is 69.9 Å². The third-order valence-electron chi connectivity index (χ3n) is 7.52. The van der Waals surface area contributed by atoms with E-state index < -0.39 is 38.9 Å². The van der Waals surface area contributed by atoms with Crippen molar-refractivity contribution in [2.45, 2.75) is 39.2 Å². The Balaban J connectivity index is 1.61. The number of nitrogens with two attached hydrogens (primary N) is 2. The fourth-order valence-electron chi connectivity index (χ4n) is 5.11. The molecule has 1 atom stereocenters. The van der Waals surface area contributed by atoms with Crippen LogP contribution >= 0.6 is 0 Å². The summed E-state index contributed by atoms with van der Waals surface area (Å²) in [5.41, 5.74) is 9.53. The predicted molar refractivity (Wildman–Crippen MR) is 178 cm³/mol. The van der Waals surface area contributed by atoms with E-state index in [9.17, 15) is 34.6 Å². The monoisotopic (exact) mass is 688 g/mol. The average molecular weight is 689 g/mol. The maximum atomic E-state index is 12.3. The first-order valence-corrected chi connectivity index (χ1v) is 15.6. The van der Waals surface area contributed by atoms with Crippen molar-refractivity contribution in [2.75, 3.05) is 64.8 Å². The average Bonchev–Trinajstić information content (AvgIpc) is 3.03. The van der Waals surface area contributed by atoms with E-state index in [-0.39, 0.29) is 66.4 Å². The minimum Gasteiger partial charge on any atom is -0.495 e. The maximum Gasteiger partial charge on any atom is 0.410 e. The molecule has 6 N–H and O–H groups in total. The lowest BCUT2D eigenvalue weighted by Gasteiger charge is -2.35. The highest BCUT2D eigenvalue weighted by molar-refractivity contribution is 5.95. The lowest BCUT2D eigenvalue weighted by molar-refractivity contribution is -0.422. The molecule has 0 aromatic heterocycles. The first-order valence-electron chi connectivity index (χ1n) is 15.6. The number of nitrogens with one attached hydrogen (secondary N) is 2. The Morgan fingerprint density at radius 1 is 1.02 bits per heavy atom. The second-order valence-electron chi connectivity index (χ2n) is 12.3. The molecule has 0 radical (unpaired) electrons. The third kappa shape index (κ3) is 11.1. The molecule has 1 heterocycles. The lowest BCUT2D eigenvalue weighted by Crippen LogP contribution is -2.50. The predicted octanol–water partition coefficient (Wildman–Crippen LogP) is 2.10. The van der Waals surface area contributed by atoms with E-state index in [0.29, 0.717) is 39.1 Å². The Kier molecular flexibility index (Phi) is 13.3. The first kappa shape index (κ1) is 38.1. The maximum absolute atomic E-state index is 12.3. The molecule has 3 rings (SSSR count). The summed E-state index contributed by atoms with van der Waals surface area (Å²) in [5.74, 6) is -2.21. The zero-order valence-electron chi connectivity index (χ0n) is 28.1. The van der Waals surface area contributed by atoms with Gasteiger partial charge in [-0.2, -0.15) is 0 Å². The number of hydrogen-bond donors (Lipinski definition) is 4. The normalized spacial score (nSPS) is 16.9. The number of carbonyl (C=O) groups is 3. The quantitative estimate of drug-likeness (QED) is 0.0842. The van der Waals surface area contributed by atoms with Crippen molar-refractivity contribution >= 4 is 29.3 Å². The summed E-state index contributed by atoms with van der Waals surface area (Å²) >= 11 is 0. The number of primary amides is 2. The number of piperazine rings is 1. The minimum atomic E-state index is -0.923. The molecule has 2 aliphatic rings. The number of benzene rings is 1. The van der Waals surface area contributed by atoms with Crippen LogP contribution in [-0.4, -0.2) is 103 Å². The van der Waals surface area contributed by atoms with Gasteiger partial charge in [0.25, 0.3) is 11.4 Å². The van der Waals surface area contributed by atoms with E-state index in [1.165, 1.54) is 19.3 Å². The van der Waals surface area contributed by atoms with Gasteiger partial charge in [-0.1, -0.05) is 12.2 Å². The van der Waals surface area contributed by atoms with Crippen LogP contribution in [0.2, 0.25) is 0 Å².